The molecule has 0 aliphatic heterocycles. The zero-order valence-electron chi connectivity index (χ0n) is 27.6. The first-order valence-electron chi connectivity index (χ1n) is 15.4. The third kappa shape index (κ3) is 7.90. The summed E-state index contributed by atoms with van der Waals surface area (Å²) in [6.45, 7) is 25.8. The summed E-state index contributed by atoms with van der Waals surface area (Å²) in [7, 11) is 15.5. The molecule has 0 aliphatic carbocycles. The summed E-state index contributed by atoms with van der Waals surface area (Å²) < 4.78 is 21.0. The first-order chi connectivity index (χ1) is 19.4. The van der Waals surface area contributed by atoms with Gasteiger partial charge >= 0.3 is 267 Å². The maximum absolute atomic E-state index is 7.76. The molecular formula is C36H51Cl2NbO3. The molecule has 0 bridgehead atoms. The van der Waals surface area contributed by atoms with E-state index in [2.05, 4.69) is 138 Å². The van der Waals surface area contributed by atoms with E-state index in [1.807, 2.05) is 0 Å². The van der Waals surface area contributed by atoms with Crippen molar-refractivity contribution in [3.63, 3.8) is 0 Å². The molecule has 3 rings (SSSR count). The minimum atomic E-state index is -6.11. The molecule has 232 valence electrons. The van der Waals surface area contributed by atoms with Gasteiger partial charge in [0, 0.05) is 0 Å². The summed E-state index contributed by atoms with van der Waals surface area (Å²) in [6, 6.07) is 18.7. The van der Waals surface area contributed by atoms with E-state index in [0.29, 0.717) is 17.2 Å². The Balaban J connectivity index is 2.41. The second-order valence-electron chi connectivity index (χ2n) is 13.2. The fourth-order valence-corrected chi connectivity index (χ4v) is 11.6. The Hall–Kier alpha value is -1.62. The fraction of sp³-hybridized carbons (Fsp3) is 0.500. The molecule has 0 atom stereocenters. The zero-order valence-corrected chi connectivity index (χ0v) is 31.3. The molecule has 0 saturated heterocycles. The molecule has 0 fully saturated rings. The second-order valence-corrected chi connectivity index (χ2v) is 25.9. The van der Waals surface area contributed by atoms with Gasteiger partial charge in [0.2, 0.25) is 0 Å². The second kappa shape index (κ2) is 13.6. The molecule has 42 heavy (non-hydrogen) atoms. The number of benzene rings is 3. The molecule has 0 N–H and O–H groups in total. The summed E-state index contributed by atoms with van der Waals surface area (Å²) in [4.78, 5) is 0. The van der Waals surface area contributed by atoms with Gasteiger partial charge in [0.1, 0.15) is 0 Å². The van der Waals surface area contributed by atoms with Crippen molar-refractivity contribution in [1.29, 1.82) is 0 Å². The van der Waals surface area contributed by atoms with Crippen LogP contribution in [-0.2, 0) is 14.8 Å². The van der Waals surface area contributed by atoms with Crippen molar-refractivity contribution in [1.82, 2.24) is 0 Å². The average Bonchev–Trinajstić information content (AvgIpc) is 2.87. The Morgan fingerprint density at radius 3 is 0.690 bits per heavy atom. The van der Waals surface area contributed by atoms with Crippen LogP contribution in [0.25, 0.3) is 0 Å². The molecule has 3 aromatic carbocycles. The Bertz CT molecular complexity index is 1130. The van der Waals surface area contributed by atoms with Gasteiger partial charge in [-0.1, -0.05) is 0 Å². The molecule has 0 heterocycles. The van der Waals surface area contributed by atoms with E-state index < -0.39 is 14.8 Å². The third-order valence-corrected chi connectivity index (χ3v) is 13.6. The Labute approximate surface area is 265 Å². The predicted molar refractivity (Wildman–Crippen MR) is 177 cm³/mol. The quantitative estimate of drug-likeness (QED) is 0.177. The fourth-order valence-electron chi connectivity index (χ4n) is 5.25. The SMILES string of the molecule is CC(C)c1cccc(C(C)C)c1[O][Nb]([Cl])([Cl])([O]c1c(C(C)C)cccc1C(C)C)[O]c1c(C(C)C)cccc1C(C)C. The average molecular weight is 696 g/mol. The maximum atomic E-state index is 7.76. The van der Waals surface area contributed by atoms with Gasteiger partial charge in [-0.2, -0.15) is 0 Å². The Morgan fingerprint density at radius 1 is 0.381 bits per heavy atom. The number of hydrogen-bond acceptors (Lipinski definition) is 3. The van der Waals surface area contributed by atoms with Crippen molar-refractivity contribution in [2.75, 3.05) is 0 Å². The van der Waals surface area contributed by atoms with Crippen LogP contribution >= 0.6 is 18.4 Å². The number of rotatable bonds is 12. The molecule has 0 aromatic heterocycles. The molecule has 6 heteroatoms. The van der Waals surface area contributed by atoms with E-state index in [9.17, 15) is 0 Å². The molecular weight excluding hydrogens is 644 g/mol. The van der Waals surface area contributed by atoms with E-state index in [-0.39, 0.29) is 35.5 Å². The zero-order chi connectivity index (χ0) is 31.6. The van der Waals surface area contributed by atoms with Crippen LogP contribution in [0.15, 0.2) is 54.6 Å². The van der Waals surface area contributed by atoms with E-state index in [1.165, 1.54) is 0 Å². The minimum absolute atomic E-state index is 0.174. The topological polar surface area (TPSA) is 27.7 Å². The van der Waals surface area contributed by atoms with Gasteiger partial charge in [-0.3, -0.25) is 0 Å². The van der Waals surface area contributed by atoms with Gasteiger partial charge in [0.25, 0.3) is 0 Å². The van der Waals surface area contributed by atoms with Crippen LogP contribution in [0.2, 0.25) is 0 Å². The molecule has 0 amide bonds. The van der Waals surface area contributed by atoms with E-state index >= 15 is 0 Å². The monoisotopic (exact) mass is 694 g/mol. The summed E-state index contributed by atoms with van der Waals surface area (Å²) >= 11 is -6.11. The molecule has 3 nitrogen and oxygen atoms in total. The number of hydrogen-bond donors (Lipinski definition) is 0. The van der Waals surface area contributed by atoms with Gasteiger partial charge in [0.05, 0.1) is 0 Å². The molecule has 0 spiro atoms. The standard InChI is InChI=1S/3C12H18O.2ClH.Nb/c3*1-8(2)10-6-5-7-11(9(3)4)12(10)13;;;/h3*5-9,13H,1-4H3;2*1H;/q;;;;;+5/p-5. The van der Waals surface area contributed by atoms with Crippen molar-refractivity contribution in [2.24, 2.45) is 0 Å². The van der Waals surface area contributed by atoms with Crippen molar-refractivity contribution < 1.29 is 24.6 Å². The number of para-hydroxylation sites is 3. The predicted octanol–water partition coefficient (Wildman–Crippen LogP) is 12.7. The van der Waals surface area contributed by atoms with Crippen LogP contribution in [0, 0.1) is 0 Å². The normalized spacial score (nSPS) is 13.4. The third-order valence-electron chi connectivity index (χ3n) is 7.66. The summed E-state index contributed by atoms with van der Waals surface area (Å²) in [5.74, 6) is 3.03. The molecule has 0 aliphatic rings. The van der Waals surface area contributed by atoms with Crippen molar-refractivity contribution in [3.05, 3.63) is 88.0 Å². The van der Waals surface area contributed by atoms with Gasteiger partial charge in [-0.15, -0.1) is 0 Å². The van der Waals surface area contributed by atoms with Gasteiger partial charge in [-0.25, -0.2) is 0 Å². The van der Waals surface area contributed by atoms with Crippen LogP contribution < -0.4 is 9.73 Å². The van der Waals surface area contributed by atoms with Crippen LogP contribution in [0.3, 0.4) is 0 Å². The first kappa shape index (κ1) is 34.9. The Kier molecular flexibility index (Phi) is 11.3. The van der Waals surface area contributed by atoms with Gasteiger partial charge < -0.3 is 0 Å². The van der Waals surface area contributed by atoms with E-state index in [4.69, 9.17) is 28.1 Å². The van der Waals surface area contributed by atoms with Crippen molar-refractivity contribution >= 4 is 18.4 Å². The van der Waals surface area contributed by atoms with Crippen LogP contribution in [-0.4, -0.2) is 0 Å². The first-order valence-corrected chi connectivity index (χ1v) is 23.7. The molecule has 0 radical (unpaired) electrons. The molecule has 0 unspecified atom stereocenters. The van der Waals surface area contributed by atoms with Gasteiger partial charge in [0.15, 0.2) is 0 Å². The van der Waals surface area contributed by atoms with E-state index in [0.717, 1.165) is 33.4 Å². The summed E-state index contributed by atoms with van der Waals surface area (Å²) in [5.41, 5.74) is 6.14. The van der Waals surface area contributed by atoms with E-state index in [1.54, 1.807) is 0 Å². The Morgan fingerprint density at radius 2 is 0.548 bits per heavy atom. The summed E-state index contributed by atoms with van der Waals surface area (Å²) in [5, 5.41) is 0. The number of halogens is 2. The van der Waals surface area contributed by atoms with Crippen LogP contribution in [0.4, 0.5) is 0 Å². The van der Waals surface area contributed by atoms with Crippen molar-refractivity contribution in [2.45, 2.75) is 119 Å². The molecule has 3 aromatic rings. The van der Waals surface area contributed by atoms with Crippen LogP contribution in [0.5, 0.6) is 17.2 Å². The van der Waals surface area contributed by atoms with Gasteiger partial charge in [-0.05, 0) is 0 Å². The van der Waals surface area contributed by atoms with Crippen LogP contribution in [0.1, 0.15) is 152 Å². The summed E-state index contributed by atoms with van der Waals surface area (Å²) in [6.07, 6.45) is 0. The molecule has 0 saturated carbocycles. The van der Waals surface area contributed by atoms with Crippen molar-refractivity contribution in [3.8, 4) is 17.2 Å².